The number of hydrogen-bond donors (Lipinski definition) is 3. The van der Waals surface area contributed by atoms with Gasteiger partial charge in [0.15, 0.2) is 5.13 Å². The molecule has 0 amide bonds. The Hall–Kier alpha value is -3.10. The number of aromatic hydroxyl groups is 1. The minimum atomic E-state index is 0.236. The Bertz CT molecular complexity index is 1080. The molecule has 0 saturated carbocycles. The second-order valence-corrected chi connectivity index (χ2v) is 8.24. The largest absolute Gasteiger partial charge is 0.508 e. The second kappa shape index (κ2) is 7.49. The van der Waals surface area contributed by atoms with Gasteiger partial charge in [0.25, 0.3) is 0 Å². The molecule has 0 saturated heterocycles. The van der Waals surface area contributed by atoms with Crippen molar-refractivity contribution in [2.45, 2.75) is 0 Å². The topological polar surface area (TPSA) is 87.3 Å². The maximum Gasteiger partial charge on any atom is 0.189 e. The molecule has 6 nitrogen and oxygen atoms in total. The van der Waals surface area contributed by atoms with E-state index in [2.05, 4.69) is 20.2 Å². The van der Waals surface area contributed by atoms with Gasteiger partial charge < -0.3 is 21.1 Å². The van der Waals surface area contributed by atoms with E-state index in [9.17, 15) is 5.11 Å². The summed E-state index contributed by atoms with van der Waals surface area (Å²) >= 11 is 3.00. The number of thiazole rings is 2. The normalized spacial score (nSPS) is 10.8. The SMILES string of the molecule is CN(C)c1ccc(Nc2nc(N)c(-c3nc(-c4ccc(O)cc4)cs3)s2)cc1. The molecular formula is C20H19N5OS2. The van der Waals surface area contributed by atoms with Gasteiger partial charge in [-0.3, -0.25) is 0 Å². The lowest BCUT2D eigenvalue weighted by Crippen LogP contribution is -2.08. The highest BCUT2D eigenvalue weighted by atomic mass is 32.1. The number of phenols is 1. The predicted molar refractivity (Wildman–Crippen MR) is 119 cm³/mol. The van der Waals surface area contributed by atoms with Gasteiger partial charge in [0.1, 0.15) is 21.5 Å². The molecule has 0 bridgehead atoms. The number of nitrogens with zero attached hydrogens (tertiary/aromatic N) is 3. The minimum absolute atomic E-state index is 0.236. The second-order valence-electron chi connectivity index (χ2n) is 6.38. The maximum atomic E-state index is 9.44. The highest BCUT2D eigenvalue weighted by molar-refractivity contribution is 7.23. The van der Waals surface area contributed by atoms with Gasteiger partial charge in [-0.2, -0.15) is 0 Å². The number of aromatic nitrogens is 2. The molecule has 8 heteroatoms. The maximum absolute atomic E-state index is 9.44. The van der Waals surface area contributed by atoms with Crippen molar-refractivity contribution in [2.24, 2.45) is 0 Å². The molecular weight excluding hydrogens is 390 g/mol. The summed E-state index contributed by atoms with van der Waals surface area (Å²) in [5.41, 5.74) is 10.0. The zero-order valence-electron chi connectivity index (χ0n) is 15.4. The summed E-state index contributed by atoms with van der Waals surface area (Å²) in [6, 6.07) is 15.1. The quantitative estimate of drug-likeness (QED) is 0.428. The van der Waals surface area contributed by atoms with E-state index in [0.717, 1.165) is 37.6 Å². The highest BCUT2D eigenvalue weighted by Gasteiger charge is 2.15. The van der Waals surface area contributed by atoms with Crippen molar-refractivity contribution < 1.29 is 5.11 Å². The fraction of sp³-hybridized carbons (Fsp3) is 0.100. The Morgan fingerprint density at radius 1 is 1.00 bits per heavy atom. The van der Waals surface area contributed by atoms with Gasteiger partial charge in [0.05, 0.1) is 5.69 Å². The summed E-state index contributed by atoms with van der Waals surface area (Å²) < 4.78 is 0. The molecule has 0 fully saturated rings. The van der Waals surface area contributed by atoms with Gasteiger partial charge in [-0.1, -0.05) is 11.3 Å². The highest BCUT2D eigenvalue weighted by Crippen LogP contribution is 2.39. The van der Waals surface area contributed by atoms with Crippen LogP contribution in [0.4, 0.5) is 22.3 Å². The van der Waals surface area contributed by atoms with Crippen LogP contribution in [-0.4, -0.2) is 29.2 Å². The fourth-order valence-corrected chi connectivity index (χ4v) is 4.48. The van der Waals surface area contributed by atoms with E-state index in [4.69, 9.17) is 5.73 Å². The van der Waals surface area contributed by atoms with Crippen LogP contribution in [0, 0.1) is 0 Å². The van der Waals surface area contributed by atoms with Crippen LogP contribution in [0.25, 0.3) is 21.1 Å². The lowest BCUT2D eigenvalue weighted by atomic mass is 10.2. The standard InChI is InChI=1S/C20H19N5OS2/c1-25(2)14-7-5-13(6-8-14)22-20-24-18(21)17(28-20)19-23-16(11-27-19)12-3-9-15(26)10-4-12/h3-11,26H,21H2,1-2H3,(H,22,24). The lowest BCUT2D eigenvalue weighted by molar-refractivity contribution is 0.475. The van der Waals surface area contributed by atoms with E-state index in [1.807, 2.05) is 55.9 Å². The fourth-order valence-electron chi connectivity index (χ4n) is 2.65. The number of rotatable bonds is 5. The van der Waals surface area contributed by atoms with E-state index in [1.165, 1.54) is 22.7 Å². The van der Waals surface area contributed by atoms with E-state index in [-0.39, 0.29) is 5.75 Å². The molecule has 0 aliphatic rings. The Balaban J connectivity index is 1.55. The molecule has 0 spiro atoms. The van der Waals surface area contributed by atoms with Gasteiger partial charge in [0, 0.05) is 36.4 Å². The summed E-state index contributed by atoms with van der Waals surface area (Å²) in [6.07, 6.45) is 0. The third kappa shape index (κ3) is 3.78. The monoisotopic (exact) mass is 409 g/mol. The number of benzene rings is 2. The van der Waals surface area contributed by atoms with Crippen LogP contribution in [0.3, 0.4) is 0 Å². The van der Waals surface area contributed by atoms with Crippen molar-refractivity contribution in [3.8, 4) is 26.9 Å². The molecule has 0 aliphatic carbocycles. The molecule has 2 aromatic carbocycles. The Kier molecular flexibility index (Phi) is 4.89. The lowest BCUT2D eigenvalue weighted by Gasteiger charge is -2.12. The molecule has 4 aromatic rings. The number of anilines is 4. The third-order valence-corrected chi connectivity index (χ3v) is 6.13. The molecule has 28 heavy (non-hydrogen) atoms. The van der Waals surface area contributed by atoms with Crippen LogP contribution in [-0.2, 0) is 0 Å². The Morgan fingerprint density at radius 2 is 1.71 bits per heavy atom. The summed E-state index contributed by atoms with van der Waals surface area (Å²) in [5.74, 6) is 0.698. The average Bonchev–Trinajstić information content (AvgIpc) is 3.29. The van der Waals surface area contributed by atoms with Crippen LogP contribution in [0.15, 0.2) is 53.9 Å². The number of hydrogen-bond acceptors (Lipinski definition) is 8. The minimum Gasteiger partial charge on any atom is -0.508 e. The van der Waals surface area contributed by atoms with Crippen LogP contribution in [0.2, 0.25) is 0 Å². The molecule has 0 aliphatic heterocycles. The Morgan fingerprint density at radius 3 is 2.39 bits per heavy atom. The van der Waals surface area contributed by atoms with Crippen molar-refractivity contribution in [3.63, 3.8) is 0 Å². The van der Waals surface area contributed by atoms with Crippen LogP contribution in [0.5, 0.6) is 5.75 Å². The first kappa shape index (κ1) is 18.3. The molecule has 4 rings (SSSR count). The predicted octanol–water partition coefficient (Wildman–Crippen LogP) is 5.03. The smallest absolute Gasteiger partial charge is 0.189 e. The number of nitrogens with one attached hydrogen (secondary N) is 1. The Labute approximate surface area is 170 Å². The van der Waals surface area contributed by atoms with E-state index < -0.39 is 0 Å². The van der Waals surface area contributed by atoms with Crippen molar-refractivity contribution in [1.82, 2.24) is 9.97 Å². The zero-order chi connectivity index (χ0) is 19.7. The first-order chi connectivity index (χ1) is 13.5. The number of nitrogens with two attached hydrogens (primary N) is 1. The van der Waals surface area contributed by atoms with Gasteiger partial charge in [-0.15, -0.1) is 11.3 Å². The number of phenolic OH excluding ortho intramolecular Hbond substituents is 1. The van der Waals surface area contributed by atoms with Gasteiger partial charge in [-0.05, 0) is 48.5 Å². The number of nitrogen functional groups attached to an aromatic ring is 1. The molecule has 0 atom stereocenters. The summed E-state index contributed by atoms with van der Waals surface area (Å²) in [5, 5.41) is 16.3. The zero-order valence-corrected chi connectivity index (χ0v) is 17.0. The van der Waals surface area contributed by atoms with E-state index >= 15 is 0 Å². The van der Waals surface area contributed by atoms with Crippen LogP contribution in [0.1, 0.15) is 0 Å². The molecule has 2 aromatic heterocycles. The van der Waals surface area contributed by atoms with Crippen molar-refractivity contribution in [2.75, 3.05) is 30.0 Å². The molecule has 0 unspecified atom stereocenters. The molecule has 2 heterocycles. The van der Waals surface area contributed by atoms with Crippen molar-refractivity contribution >= 4 is 45.0 Å². The summed E-state index contributed by atoms with van der Waals surface area (Å²) in [7, 11) is 4.02. The van der Waals surface area contributed by atoms with Gasteiger partial charge in [-0.25, -0.2) is 9.97 Å². The van der Waals surface area contributed by atoms with Crippen molar-refractivity contribution in [1.29, 1.82) is 0 Å². The molecule has 0 radical (unpaired) electrons. The van der Waals surface area contributed by atoms with Crippen LogP contribution >= 0.6 is 22.7 Å². The molecule has 142 valence electrons. The van der Waals surface area contributed by atoms with Gasteiger partial charge >= 0.3 is 0 Å². The first-order valence-electron chi connectivity index (χ1n) is 8.55. The average molecular weight is 410 g/mol. The van der Waals surface area contributed by atoms with E-state index in [1.54, 1.807) is 12.1 Å². The van der Waals surface area contributed by atoms with E-state index in [0.29, 0.717) is 5.82 Å². The van der Waals surface area contributed by atoms with Crippen molar-refractivity contribution in [3.05, 3.63) is 53.9 Å². The summed E-state index contributed by atoms with van der Waals surface area (Å²) in [6.45, 7) is 0. The first-order valence-corrected chi connectivity index (χ1v) is 10.3. The van der Waals surface area contributed by atoms with Crippen LogP contribution < -0.4 is 16.0 Å². The van der Waals surface area contributed by atoms with Gasteiger partial charge in [0.2, 0.25) is 0 Å². The summed E-state index contributed by atoms with van der Waals surface area (Å²) in [4.78, 5) is 12.0. The molecule has 4 N–H and O–H groups in total. The third-order valence-electron chi connectivity index (χ3n) is 4.15.